The van der Waals surface area contributed by atoms with E-state index in [1.54, 1.807) is 18.4 Å². The molecule has 1 aromatic carbocycles. The fourth-order valence-electron chi connectivity index (χ4n) is 4.16. The van der Waals surface area contributed by atoms with Crippen molar-refractivity contribution < 1.29 is 14.3 Å². The van der Waals surface area contributed by atoms with Crippen LogP contribution in [0.2, 0.25) is 0 Å². The first kappa shape index (κ1) is 25.0. The molecular weight excluding hydrogens is 438 g/mol. The Labute approximate surface area is 200 Å². The van der Waals surface area contributed by atoms with Crippen molar-refractivity contribution in [2.45, 2.75) is 19.0 Å². The van der Waals surface area contributed by atoms with Gasteiger partial charge in [-0.15, -0.1) is 11.3 Å². The van der Waals surface area contributed by atoms with Gasteiger partial charge in [0, 0.05) is 50.2 Å². The summed E-state index contributed by atoms with van der Waals surface area (Å²) in [5.74, 6) is -0.299. The van der Waals surface area contributed by atoms with Crippen LogP contribution in [0.3, 0.4) is 0 Å². The molecule has 0 spiro atoms. The van der Waals surface area contributed by atoms with Gasteiger partial charge < -0.3 is 25.2 Å². The Morgan fingerprint density at radius 3 is 2.45 bits per heavy atom. The zero-order chi connectivity index (χ0) is 23.8. The summed E-state index contributed by atoms with van der Waals surface area (Å²) in [5.41, 5.74) is 1.10. The molecule has 3 rings (SSSR count). The van der Waals surface area contributed by atoms with E-state index < -0.39 is 11.8 Å². The van der Waals surface area contributed by atoms with Gasteiger partial charge in [0.1, 0.15) is 5.75 Å². The predicted octanol–water partition coefficient (Wildman–Crippen LogP) is 1.80. The van der Waals surface area contributed by atoms with Crippen molar-refractivity contribution in [3.8, 4) is 5.75 Å². The number of rotatable bonds is 9. The lowest BCUT2D eigenvalue weighted by atomic mass is 10.0. The predicted molar refractivity (Wildman–Crippen MR) is 133 cm³/mol. The van der Waals surface area contributed by atoms with E-state index in [0.717, 1.165) is 37.6 Å². The van der Waals surface area contributed by atoms with Crippen molar-refractivity contribution in [3.63, 3.8) is 0 Å². The number of methoxy groups -OCH3 is 1. The van der Waals surface area contributed by atoms with Crippen LogP contribution in [0, 0.1) is 0 Å². The molecule has 1 aromatic heterocycles. The second-order valence-electron chi connectivity index (χ2n) is 8.48. The normalized spacial score (nSPS) is 16.3. The Hall–Kier alpha value is -2.62. The molecule has 1 aliphatic rings. The maximum absolute atomic E-state index is 12.5. The minimum absolute atomic E-state index is 0.00310. The fourth-order valence-corrected chi connectivity index (χ4v) is 5.12. The van der Waals surface area contributed by atoms with Crippen LogP contribution in [-0.2, 0) is 9.59 Å². The molecule has 2 atom stereocenters. The fraction of sp³-hybridized carbons (Fsp3) is 0.500. The Kier molecular flexibility index (Phi) is 9.11. The molecule has 33 heavy (non-hydrogen) atoms. The zero-order valence-electron chi connectivity index (χ0n) is 19.9. The molecule has 0 radical (unpaired) electrons. The third kappa shape index (κ3) is 6.69. The molecule has 9 heteroatoms. The maximum atomic E-state index is 12.5. The molecule has 1 saturated heterocycles. The molecule has 1 fully saturated rings. The molecule has 8 nitrogen and oxygen atoms in total. The van der Waals surface area contributed by atoms with Gasteiger partial charge in [0.25, 0.3) is 0 Å². The highest BCUT2D eigenvalue weighted by Gasteiger charge is 2.32. The molecule has 0 aliphatic carbocycles. The third-order valence-corrected chi connectivity index (χ3v) is 6.79. The summed E-state index contributed by atoms with van der Waals surface area (Å²) >= 11 is 1.68. The molecule has 2 N–H and O–H groups in total. The monoisotopic (exact) mass is 473 g/mol. The number of hydrogen-bond acceptors (Lipinski definition) is 7. The largest absolute Gasteiger partial charge is 0.495 e. The van der Waals surface area contributed by atoms with Crippen molar-refractivity contribution in [2.75, 3.05) is 65.4 Å². The number of hydrogen-bond donors (Lipinski definition) is 2. The number of nitrogens with one attached hydrogen (secondary N) is 2. The summed E-state index contributed by atoms with van der Waals surface area (Å²) in [6.07, 6.45) is 0. The lowest BCUT2D eigenvalue weighted by Gasteiger charge is -2.42. The third-order valence-electron chi connectivity index (χ3n) is 5.85. The SMILES string of the molecule is COc1ccccc1N1CCN([C@@H](c2cccs2)[C@@H](C)NC(=O)C(=O)NCCN(C)C)CC1. The Morgan fingerprint density at radius 2 is 1.82 bits per heavy atom. The number of carbonyl (C=O) groups is 2. The average Bonchev–Trinajstić information content (AvgIpc) is 3.33. The van der Waals surface area contributed by atoms with Crippen molar-refractivity contribution >= 4 is 28.8 Å². The van der Waals surface area contributed by atoms with E-state index >= 15 is 0 Å². The van der Waals surface area contributed by atoms with Gasteiger partial charge >= 0.3 is 11.8 Å². The molecular formula is C24H35N5O3S. The number of para-hydroxylation sites is 2. The van der Waals surface area contributed by atoms with Gasteiger partial charge in [0.2, 0.25) is 0 Å². The van der Waals surface area contributed by atoms with E-state index in [-0.39, 0.29) is 12.1 Å². The molecule has 2 aromatic rings. The van der Waals surface area contributed by atoms with Gasteiger partial charge in [-0.05, 0) is 44.6 Å². The van der Waals surface area contributed by atoms with Crippen LogP contribution in [0.25, 0.3) is 0 Å². The van der Waals surface area contributed by atoms with Gasteiger partial charge in [0.05, 0.1) is 18.8 Å². The molecule has 1 aliphatic heterocycles. The summed E-state index contributed by atoms with van der Waals surface area (Å²) in [4.78, 5) is 32.6. The number of nitrogens with zero attached hydrogens (tertiary/aromatic N) is 3. The van der Waals surface area contributed by atoms with Crippen LogP contribution in [0.4, 0.5) is 5.69 Å². The van der Waals surface area contributed by atoms with E-state index in [0.29, 0.717) is 13.1 Å². The van der Waals surface area contributed by atoms with E-state index in [1.165, 1.54) is 4.88 Å². The second-order valence-corrected chi connectivity index (χ2v) is 9.46. The first-order chi connectivity index (χ1) is 15.9. The van der Waals surface area contributed by atoms with Crippen LogP contribution in [0.1, 0.15) is 17.8 Å². The van der Waals surface area contributed by atoms with Crippen LogP contribution < -0.4 is 20.3 Å². The summed E-state index contributed by atoms with van der Waals surface area (Å²) in [6.45, 7) is 6.49. The first-order valence-corrected chi connectivity index (χ1v) is 12.2. The van der Waals surface area contributed by atoms with Crippen molar-refractivity contribution in [2.24, 2.45) is 0 Å². The van der Waals surface area contributed by atoms with E-state index in [9.17, 15) is 9.59 Å². The second kappa shape index (κ2) is 12.0. The van der Waals surface area contributed by atoms with Crippen LogP contribution >= 0.6 is 11.3 Å². The number of thiophene rings is 1. The Bertz CT molecular complexity index is 897. The first-order valence-electron chi connectivity index (χ1n) is 11.3. The summed E-state index contributed by atoms with van der Waals surface area (Å²) in [6, 6.07) is 12.0. The topological polar surface area (TPSA) is 77.1 Å². The summed E-state index contributed by atoms with van der Waals surface area (Å²) < 4.78 is 5.54. The number of carbonyl (C=O) groups excluding carboxylic acids is 2. The van der Waals surface area contributed by atoms with E-state index in [4.69, 9.17) is 4.74 Å². The highest BCUT2D eigenvalue weighted by atomic mass is 32.1. The van der Waals surface area contributed by atoms with Crippen LogP contribution in [-0.4, -0.2) is 88.1 Å². The molecule has 0 bridgehead atoms. The number of ether oxygens (including phenoxy) is 1. The highest BCUT2D eigenvalue weighted by Crippen LogP contribution is 2.32. The highest BCUT2D eigenvalue weighted by molar-refractivity contribution is 7.10. The number of likely N-dealkylation sites (N-methyl/N-ethyl adjacent to an activating group) is 1. The maximum Gasteiger partial charge on any atom is 0.309 e. The van der Waals surface area contributed by atoms with Crippen molar-refractivity contribution in [1.82, 2.24) is 20.4 Å². The minimum atomic E-state index is -0.588. The quantitative estimate of drug-likeness (QED) is 0.541. The number of piperazine rings is 1. The smallest absolute Gasteiger partial charge is 0.309 e. The van der Waals surface area contributed by atoms with Crippen LogP contribution in [0.15, 0.2) is 41.8 Å². The molecule has 0 unspecified atom stereocenters. The molecule has 0 saturated carbocycles. The zero-order valence-corrected chi connectivity index (χ0v) is 20.7. The van der Waals surface area contributed by atoms with E-state index in [2.05, 4.69) is 37.9 Å². The van der Waals surface area contributed by atoms with Gasteiger partial charge in [-0.1, -0.05) is 18.2 Å². The molecule has 2 amide bonds. The molecule has 180 valence electrons. The lowest BCUT2D eigenvalue weighted by molar-refractivity contribution is -0.139. The standard InChI is InChI=1S/C24H35N5O3S/c1-18(26-24(31)23(30)25-11-12-27(2)3)22(21-10-7-17-33-21)29-15-13-28(14-16-29)19-8-5-6-9-20(19)32-4/h5-10,17-18,22H,11-16H2,1-4H3,(H,25,30)(H,26,31)/t18-,22-/m1/s1. The summed E-state index contributed by atoms with van der Waals surface area (Å²) in [5, 5.41) is 7.67. The molecule has 2 heterocycles. The summed E-state index contributed by atoms with van der Waals surface area (Å²) in [7, 11) is 5.55. The Balaban J connectivity index is 1.64. The number of benzene rings is 1. The lowest BCUT2D eigenvalue weighted by Crippen LogP contribution is -2.54. The average molecular weight is 474 g/mol. The van der Waals surface area contributed by atoms with E-state index in [1.807, 2.05) is 50.2 Å². The Morgan fingerprint density at radius 1 is 1.09 bits per heavy atom. The van der Waals surface area contributed by atoms with Crippen molar-refractivity contribution in [3.05, 3.63) is 46.7 Å². The van der Waals surface area contributed by atoms with Gasteiger partial charge in [-0.3, -0.25) is 14.5 Å². The van der Waals surface area contributed by atoms with Gasteiger partial charge in [-0.25, -0.2) is 0 Å². The van der Waals surface area contributed by atoms with Crippen LogP contribution in [0.5, 0.6) is 5.75 Å². The number of anilines is 1. The number of amides is 2. The van der Waals surface area contributed by atoms with Gasteiger partial charge in [-0.2, -0.15) is 0 Å². The van der Waals surface area contributed by atoms with Gasteiger partial charge in [0.15, 0.2) is 0 Å². The minimum Gasteiger partial charge on any atom is -0.495 e. The van der Waals surface area contributed by atoms with Crippen molar-refractivity contribution in [1.29, 1.82) is 0 Å².